The van der Waals surface area contributed by atoms with E-state index >= 15 is 0 Å². The molecule has 5 nitrogen and oxygen atoms in total. The number of furan rings is 1. The Bertz CT molecular complexity index is 4320. The van der Waals surface area contributed by atoms with Crippen molar-refractivity contribution in [2.45, 2.75) is 0 Å². The van der Waals surface area contributed by atoms with E-state index in [0.717, 1.165) is 27.5 Å². The van der Waals surface area contributed by atoms with Gasteiger partial charge in [0, 0.05) is 38.2 Å². The molecule has 0 fully saturated rings. The zero-order valence-corrected chi connectivity index (χ0v) is 32.6. The quantitative estimate of drug-likeness (QED) is 0.161. The molecule has 0 aliphatic rings. The fourth-order valence-electron chi connectivity index (χ4n) is 8.06. The van der Waals surface area contributed by atoms with Crippen molar-refractivity contribution in [3.8, 4) is 73.2 Å². The molecule has 62 heavy (non-hydrogen) atoms. The molecule has 0 bridgehead atoms. The van der Waals surface area contributed by atoms with Gasteiger partial charge in [-0.2, -0.15) is 0 Å². The Balaban J connectivity index is 1.21. The minimum atomic E-state index is -0.710. The van der Waals surface area contributed by atoms with Crippen LogP contribution in [0.4, 0.5) is 0 Å². The molecule has 0 radical (unpaired) electrons. The third-order valence-corrected chi connectivity index (χ3v) is 11.0. The average Bonchev–Trinajstić information content (AvgIpc) is 4.02. The highest BCUT2D eigenvalue weighted by Crippen LogP contribution is 2.40. The van der Waals surface area contributed by atoms with Crippen LogP contribution in [0.15, 0.2) is 223 Å². The number of aromatic nitrogens is 4. The summed E-state index contributed by atoms with van der Waals surface area (Å²) in [6, 6.07) is 38.3. The zero-order chi connectivity index (χ0) is 51.4. The second-order valence-electron chi connectivity index (χ2n) is 14.7. The first-order valence-electron chi connectivity index (χ1n) is 25.9. The van der Waals surface area contributed by atoms with Crippen molar-refractivity contribution in [2.75, 3.05) is 0 Å². The van der Waals surface area contributed by atoms with E-state index in [4.69, 9.17) is 29.0 Å². The molecule has 0 amide bonds. The lowest BCUT2D eigenvalue weighted by Gasteiger charge is -2.17. The van der Waals surface area contributed by atoms with E-state index in [2.05, 4.69) is 0 Å². The average molecular weight is 805 g/mol. The Kier molecular flexibility index (Phi) is 5.99. The number of rotatable bonds is 7. The van der Waals surface area contributed by atoms with Crippen molar-refractivity contribution in [1.82, 2.24) is 19.5 Å². The first-order chi connectivity index (χ1) is 35.7. The maximum Gasteiger partial charge on any atom is 0.166 e. The van der Waals surface area contributed by atoms with Crippen LogP contribution in [0, 0.1) is 0 Å². The van der Waals surface area contributed by atoms with Crippen molar-refractivity contribution in [3.05, 3.63) is 218 Å². The highest BCUT2D eigenvalue weighted by atomic mass is 16.3. The van der Waals surface area contributed by atoms with Gasteiger partial charge in [0.25, 0.3) is 0 Å². The van der Waals surface area contributed by atoms with E-state index < -0.39 is 83.6 Å². The summed E-state index contributed by atoms with van der Waals surface area (Å²) in [6.07, 6.45) is 0. The van der Waals surface area contributed by atoms with Gasteiger partial charge in [-0.3, -0.25) is 0 Å². The van der Waals surface area contributed by atoms with Crippen LogP contribution in [0.3, 0.4) is 0 Å². The van der Waals surface area contributed by atoms with E-state index in [-0.39, 0.29) is 39.1 Å². The van der Waals surface area contributed by atoms with Gasteiger partial charge in [-0.1, -0.05) is 164 Å². The lowest BCUT2D eigenvalue weighted by Crippen LogP contribution is -2.04. The molecule has 3 heterocycles. The van der Waals surface area contributed by atoms with E-state index in [1.54, 1.807) is 12.1 Å². The van der Waals surface area contributed by atoms with Gasteiger partial charge in [0.2, 0.25) is 0 Å². The molecule has 0 aliphatic carbocycles. The Hall–Kier alpha value is -8.41. The predicted molar refractivity (Wildman–Crippen MR) is 254 cm³/mol. The monoisotopic (exact) mass is 804 g/mol. The molecule has 290 valence electrons. The van der Waals surface area contributed by atoms with Crippen LogP contribution in [0.5, 0.6) is 0 Å². The molecule has 0 spiro atoms. The number of hydrogen-bond acceptors (Lipinski definition) is 4. The largest absolute Gasteiger partial charge is 0.456 e. The van der Waals surface area contributed by atoms with Gasteiger partial charge in [-0.15, -0.1) is 0 Å². The molecule has 0 unspecified atom stereocenters. The Morgan fingerprint density at radius 2 is 1.00 bits per heavy atom. The minimum Gasteiger partial charge on any atom is -0.456 e. The Morgan fingerprint density at radius 1 is 0.371 bits per heavy atom. The smallest absolute Gasteiger partial charge is 0.166 e. The van der Waals surface area contributed by atoms with Crippen molar-refractivity contribution < 1.29 is 20.9 Å². The van der Waals surface area contributed by atoms with Crippen LogP contribution in [0.2, 0.25) is 0 Å². The fourth-order valence-corrected chi connectivity index (χ4v) is 8.06. The van der Waals surface area contributed by atoms with Gasteiger partial charge < -0.3 is 8.98 Å². The third-order valence-electron chi connectivity index (χ3n) is 11.0. The molecular formula is C57H36N4O. The summed E-state index contributed by atoms with van der Waals surface area (Å²) in [6.45, 7) is 0. The number of fused-ring (bicyclic) bond motifs is 6. The standard InChI is InChI=1S/C57H36N4O/c1-4-15-37(16-5-1)40-21-14-22-41(33-40)43-27-31-48(52(35-43)61-50-25-12-10-23-45(50)49-34-42(29-32-51(49)61)38-17-6-2-7-18-38)57-59-55(39-19-8-3-9-20-39)58-56(60-57)44-28-30-47-46-24-11-13-26-53(46)62-54(47)36-44/h1-36H/i2D,6D,7D,10D,12D,17D,18D,23D,25D,29D,32D,34D. The number of benzene rings is 9. The summed E-state index contributed by atoms with van der Waals surface area (Å²) in [7, 11) is 0. The summed E-state index contributed by atoms with van der Waals surface area (Å²) in [5, 5.41) is 1.47. The van der Waals surface area contributed by atoms with Crippen molar-refractivity contribution in [1.29, 1.82) is 0 Å². The van der Waals surface area contributed by atoms with Crippen LogP contribution >= 0.6 is 0 Å². The number of para-hydroxylation sites is 2. The lowest BCUT2D eigenvalue weighted by atomic mass is 9.97. The normalized spacial score (nSPS) is 14.3. The molecule has 5 heteroatoms. The van der Waals surface area contributed by atoms with Crippen LogP contribution in [0.1, 0.15) is 16.4 Å². The minimum absolute atomic E-state index is 0.133. The van der Waals surface area contributed by atoms with Gasteiger partial charge in [-0.05, 0) is 87.9 Å². The molecule has 0 saturated heterocycles. The summed E-state index contributed by atoms with van der Waals surface area (Å²) in [4.78, 5) is 15.2. The van der Waals surface area contributed by atoms with Crippen molar-refractivity contribution in [3.63, 3.8) is 0 Å². The highest BCUT2D eigenvalue weighted by molar-refractivity contribution is 6.11. The molecule has 0 atom stereocenters. The predicted octanol–water partition coefficient (Wildman–Crippen LogP) is 14.9. The maximum absolute atomic E-state index is 9.85. The first-order valence-corrected chi connectivity index (χ1v) is 19.9. The summed E-state index contributed by atoms with van der Waals surface area (Å²) >= 11 is 0. The van der Waals surface area contributed by atoms with Crippen LogP contribution in [-0.4, -0.2) is 19.5 Å². The van der Waals surface area contributed by atoms with Crippen LogP contribution < -0.4 is 0 Å². The van der Waals surface area contributed by atoms with Crippen molar-refractivity contribution in [2.24, 2.45) is 0 Å². The molecule has 0 aliphatic heterocycles. The SMILES string of the molecule is [2H]c1c([2H])c([2H])c(-c2c([2H])c([2H])c3c(c2[2H])c2c([2H])c([2H])c([2H])c([2H])c2n3-c2cc(-c3cccc(-c4ccccc4)c3)ccc2-c2nc(-c3ccccc3)nc(-c3ccc4c(c3)oc3ccccc34)n2)c([2H])c1[2H]. The zero-order valence-electron chi connectivity index (χ0n) is 44.6. The van der Waals surface area contributed by atoms with E-state index in [1.807, 2.05) is 133 Å². The topological polar surface area (TPSA) is 56.7 Å². The second-order valence-corrected chi connectivity index (χ2v) is 14.7. The number of hydrogen-bond donors (Lipinski definition) is 0. The van der Waals surface area contributed by atoms with E-state index in [9.17, 15) is 6.85 Å². The van der Waals surface area contributed by atoms with Crippen LogP contribution in [-0.2, 0) is 0 Å². The van der Waals surface area contributed by atoms with Gasteiger partial charge in [0.1, 0.15) is 11.2 Å². The second kappa shape index (κ2) is 14.7. The molecule has 0 saturated carbocycles. The fraction of sp³-hybridized carbons (Fsp3) is 0. The summed E-state index contributed by atoms with van der Waals surface area (Å²) < 4.78 is 117. The van der Waals surface area contributed by atoms with Crippen LogP contribution in [0.25, 0.3) is 117 Å². The van der Waals surface area contributed by atoms with Gasteiger partial charge in [0.15, 0.2) is 17.5 Å². The molecule has 0 N–H and O–H groups in total. The third kappa shape index (κ3) is 6.14. The van der Waals surface area contributed by atoms with Gasteiger partial charge in [-0.25, -0.2) is 15.0 Å². The molecular weight excluding hydrogens is 757 g/mol. The van der Waals surface area contributed by atoms with E-state index in [1.165, 1.54) is 4.57 Å². The molecule has 3 aromatic heterocycles. The summed E-state index contributed by atoms with van der Waals surface area (Å²) in [5.74, 6) is 0.710. The Morgan fingerprint density at radius 3 is 1.84 bits per heavy atom. The van der Waals surface area contributed by atoms with Crippen molar-refractivity contribution >= 4 is 43.7 Å². The molecule has 12 aromatic rings. The lowest BCUT2D eigenvalue weighted by molar-refractivity contribution is 0.669. The first kappa shape index (κ1) is 25.3. The summed E-state index contributed by atoms with van der Waals surface area (Å²) in [5.41, 5.74) is 5.15. The highest BCUT2D eigenvalue weighted by Gasteiger charge is 2.21. The van der Waals surface area contributed by atoms with E-state index in [0.29, 0.717) is 39.2 Å². The number of nitrogens with zero attached hydrogens (tertiary/aromatic N) is 4. The molecule has 12 rings (SSSR count). The Labute approximate surface area is 374 Å². The van der Waals surface area contributed by atoms with Gasteiger partial charge in [0.05, 0.1) is 33.2 Å². The maximum atomic E-state index is 9.85. The molecule has 9 aromatic carbocycles. The van der Waals surface area contributed by atoms with Gasteiger partial charge >= 0.3 is 0 Å².